The Hall–Kier alpha value is -3.22. The van der Waals surface area contributed by atoms with E-state index in [2.05, 4.69) is 15.4 Å². The molecule has 0 saturated heterocycles. The van der Waals surface area contributed by atoms with Crippen LogP contribution >= 0.6 is 0 Å². The van der Waals surface area contributed by atoms with Gasteiger partial charge in [0.2, 0.25) is 5.91 Å². The van der Waals surface area contributed by atoms with Crippen LogP contribution in [0.3, 0.4) is 0 Å². The largest absolute Gasteiger partial charge is 0.399 e. The molecule has 7 nitrogen and oxygen atoms in total. The Balaban J connectivity index is 2.04. The number of nitrogens with zero attached hydrogens (tertiary/aromatic N) is 3. The van der Waals surface area contributed by atoms with Crippen molar-refractivity contribution < 1.29 is 9.59 Å². The minimum Gasteiger partial charge on any atom is -0.399 e. The first kappa shape index (κ1) is 13.7. The molecule has 3 rings (SSSR count). The average molecular weight is 295 g/mol. The fourth-order valence-corrected chi connectivity index (χ4v) is 2.21. The summed E-state index contributed by atoms with van der Waals surface area (Å²) in [7, 11) is 0. The highest BCUT2D eigenvalue weighted by Gasteiger charge is 2.22. The first-order valence-corrected chi connectivity index (χ1v) is 6.57. The third-order valence-corrected chi connectivity index (χ3v) is 3.21. The molecule has 22 heavy (non-hydrogen) atoms. The number of amides is 2. The van der Waals surface area contributed by atoms with Gasteiger partial charge in [-0.05, 0) is 36.4 Å². The molecule has 0 saturated carbocycles. The van der Waals surface area contributed by atoms with Crippen molar-refractivity contribution in [1.29, 1.82) is 0 Å². The zero-order valence-electron chi connectivity index (χ0n) is 11.8. The zero-order chi connectivity index (χ0) is 15.7. The van der Waals surface area contributed by atoms with Crippen LogP contribution in [0, 0.1) is 0 Å². The Morgan fingerprint density at radius 2 is 1.86 bits per heavy atom. The van der Waals surface area contributed by atoms with Gasteiger partial charge in [0.1, 0.15) is 11.0 Å². The topological polar surface area (TPSA) is 105 Å². The highest BCUT2D eigenvalue weighted by atomic mass is 16.2. The second-order valence-electron chi connectivity index (χ2n) is 4.78. The standard InChI is InChI=1S/C15H13N5O2/c1-9(21)20(12-4-2-3-11(16)8-12)15(22)10-5-6-13-14(7-10)18-19-17-13/h2-8H,16H2,1H3,(H,17,18,19). The Morgan fingerprint density at radius 3 is 2.59 bits per heavy atom. The number of aromatic amines is 1. The molecule has 0 aliphatic carbocycles. The number of hydrogen-bond donors (Lipinski definition) is 2. The van der Waals surface area contributed by atoms with Crippen molar-refractivity contribution in [2.75, 3.05) is 10.6 Å². The van der Waals surface area contributed by atoms with Gasteiger partial charge in [-0.1, -0.05) is 6.07 Å². The number of imide groups is 1. The van der Waals surface area contributed by atoms with Crippen molar-refractivity contribution in [1.82, 2.24) is 15.4 Å². The Labute approximate surface area is 125 Å². The first-order chi connectivity index (χ1) is 10.6. The van der Waals surface area contributed by atoms with E-state index in [-0.39, 0.29) is 0 Å². The van der Waals surface area contributed by atoms with Gasteiger partial charge in [0.05, 0.1) is 5.69 Å². The summed E-state index contributed by atoms with van der Waals surface area (Å²) >= 11 is 0. The van der Waals surface area contributed by atoms with Gasteiger partial charge in [-0.3, -0.25) is 9.59 Å². The molecule has 0 bridgehead atoms. The number of nitrogen functional groups attached to an aromatic ring is 1. The van der Waals surface area contributed by atoms with Crippen LogP contribution in [-0.2, 0) is 4.79 Å². The number of hydrogen-bond acceptors (Lipinski definition) is 5. The molecule has 0 fully saturated rings. The molecule has 0 aliphatic heterocycles. The molecule has 2 aromatic carbocycles. The summed E-state index contributed by atoms with van der Waals surface area (Å²) in [4.78, 5) is 25.7. The molecule has 3 aromatic rings. The van der Waals surface area contributed by atoms with E-state index in [4.69, 9.17) is 5.73 Å². The summed E-state index contributed by atoms with van der Waals surface area (Å²) in [6, 6.07) is 11.5. The maximum atomic E-state index is 12.7. The number of H-pyrrole nitrogens is 1. The van der Waals surface area contributed by atoms with E-state index in [1.807, 2.05) is 0 Å². The van der Waals surface area contributed by atoms with Crippen molar-refractivity contribution >= 4 is 34.2 Å². The lowest BCUT2D eigenvalue weighted by Crippen LogP contribution is -2.35. The van der Waals surface area contributed by atoms with Crippen molar-refractivity contribution in [3.05, 3.63) is 48.0 Å². The molecule has 2 amide bonds. The van der Waals surface area contributed by atoms with Crippen LogP contribution in [0.15, 0.2) is 42.5 Å². The average Bonchev–Trinajstić information content (AvgIpc) is 2.94. The first-order valence-electron chi connectivity index (χ1n) is 6.57. The minimum absolute atomic E-state index is 0.346. The monoisotopic (exact) mass is 295 g/mol. The number of rotatable bonds is 2. The maximum absolute atomic E-state index is 12.7. The van der Waals surface area contributed by atoms with E-state index in [9.17, 15) is 9.59 Å². The van der Waals surface area contributed by atoms with Gasteiger partial charge in [0.15, 0.2) is 0 Å². The zero-order valence-corrected chi connectivity index (χ0v) is 11.8. The van der Waals surface area contributed by atoms with Crippen molar-refractivity contribution in [3.8, 4) is 0 Å². The number of benzene rings is 2. The van der Waals surface area contributed by atoms with Gasteiger partial charge in [0.25, 0.3) is 5.91 Å². The van der Waals surface area contributed by atoms with Gasteiger partial charge >= 0.3 is 0 Å². The quantitative estimate of drug-likeness (QED) is 0.700. The fourth-order valence-electron chi connectivity index (χ4n) is 2.21. The van der Waals surface area contributed by atoms with E-state index >= 15 is 0 Å². The second kappa shape index (κ2) is 5.28. The molecule has 110 valence electrons. The number of carbonyl (C=O) groups excluding carboxylic acids is 2. The van der Waals surface area contributed by atoms with Crippen LogP contribution in [0.4, 0.5) is 11.4 Å². The minimum atomic E-state index is -0.442. The summed E-state index contributed by atoms with van der Waals surface area (Å²) in [6.45, 7) is 1.33. The molecule has 0 spiro atoms. The highest BCUT2D eigenvalue weighted by Crippen LogP contribution is 2.21. The molecular weight excluding hydrogens is 282 g/mol. The number of aromatic nitrogens is 3. The smallest absolute Gasteiger partial charge is 0.265 e. The normalized spacial score (nSPS) is 10.6. The van der Waals surface area contributed by atoms with Gasteiger partial charge in [-0.15, -0.1) is 0 Å². The lowest BCUT2D eigenvalue weighted by molar-refractivity contribution is -0.115. The summed E-state index contributed by atoms with van der Waals surface area (Å²) in [5.74, 6) is -0.834. The van der Waals surface area contributed by atoms with Crippen LogP contribution in [0.2, 0.25) is 0 Å². The predicted octanol–water partition coefficient (Wildman–Crippen LogP) is 1.73. The highest BCUT2D eigenvalue weighted by molar-refractivity contribution is 6.21. The van der Waals surface area contributed by atoms with Gasteiger partial charge in [-0.25, -0.2) is 4.90 Å². The SMILES string of the molecule is CC(=O)N(C(=O)c1ccc2n[nH]nc2c1)c1cccc(N)c1. The van der Waals surface area contributed by atoms with E-state index in [0.717, 1.165) is 4.90 Å². The molecule has 1 aromatic heterocycles. The van der Waals surface area contributed by atoms with Gasteiger partial charge in [0, 0.05) is 18.2 Å². The molecule has 3 N–H and O–H groups in total. The Kier molecular flexibility index (Phi) is 3.30. The Morgan fingerprint density at radius 1 is 1.09 bits per heavy atom. The summed E-state index contributed by atoms with van der Waals surface area (Å²) in [5, 5.41) is 10.4. The van der Waals surface area contributed by atoms with Crippen LogP contribution in [0.25, 0.3) is 11.0 Å². The second-order valence-corrected chi connectivity index (χ2v) is 4.78. The van der Waals surface area contributed by atoms with Crippen LogP contribution in [0.1, 0.15) is 17.3 Å². The molecule has 1 heterocycles. The van der Waals surface area contributed by atoms with Crippen LogP contribution < -0.4 is 10.6 Å². The predicted molar refractivity (Wildman–Crippen MR) is 82.2 cm³/mol. The fraction of sp³-hybridized carbons (Fsp3) is 0.0667. The van der Waals surface area contributed by atoms with Crippen molar-refractivity contribution in [3.63, 3.8) is 0 Å². The number of nitrogens with two attached hydrogens (primary N) is 1. The molecule has 0 aliphatic rings. The molecule has 0 radical (unpaired) electrons. The van der Waals surface area contributed by atoms with E-state index < -0.39 is 11.8 Å². The van der Waals surface area contributed by atoms with Gasteiger partial charge < -0.3 is 5.73 Å². The molecule has 0 atom stereocenters. The number of anilines is 2. The summed E-state index contributed by atoms with van der Waals surface area (Å²) in [6.07, 6.45) is 0. The summed E-state index contributed by atoms with van der Waals surface area (Å²) in [5.41, 5.74) is 8.18. The maximum Gasteiger partial charge on any atom is 0.265 e. The third-order valence-electron chi connectivity index (χ3n) is 3.21. The Bertz CT molecular complexity index is 871. The third kappa shape index (κ3) is 2.39. The number of carbonyl (C=O) groups is 2. The van der Waals surface area contributed by atoms with E-state index in [1.165, 1.54) is 6.92 Å². The number of nitrogens with one attached hydrogen (secondary N) is 1. The van der Waals surface area contributed by atoms with E-state index in [0.29, 0.717) is 28.0 Å². The molecule has 7 heteroatoms. The van der Waals surface area contributed by atoms with E-state index in [1.54, 1.807) is 42.5 Å². The summed E-state index contributed by atoms with van der Waals surface area (Å²) < 4.78 is 0. The van der Waals surface area contributed by atoms with Crippen LogP contribution in [0.5, 0.6) is 0 Å². The molecular formula is C15H13N5O2. The van der Waals surface area contributed by atoms with Crippen molar-refractivity contribution in [2.24, 2.45) is 0 Å². The van der Waals surface area contributed by atoms with Gasteiger partial charge in [-0.2, -0.15) is 15.4 Å². The molecule has 0 unspecified atom stereocenters. The number of fused-ring (bicyclic) bond motifs is 1. The lowest BCUT2D eigenvalue weighted by Gasteiger charge is -2.19. The lowest BCUT2D eigenvalue weighted by atomic mass is 10.1. The van der Waals surface area contributed by atoms with Crippen LogP contribution in [-0.4, -0.2) is 27.2 Å². The van der Waals surface area contributed by atoms with Crippen molar-refractivity contribution in [2.45, 2.75) is 6.92 Å².